The molecule has 1 aliphatic carbocycles. The summed E-state index contributed by atoms with van der Waals surface area (Å²) in [6.07, 6.45) is 5.55. The van der Waals surface area contributed by atoms with E-state index >= 15 is 0 Å². The SMILES string of the molecule is O=C(C1CC1)N1CCC(O)(Cn2cnc3c(cnn3-c3ccc(-c4cc(F)cc(F)c4)cc3)c2=O)CC1. The molecule has 2 fully saturated rings. The standard InChI is InChI=1S/C27H25F2N5O3/c28-20-11-19(12-21(29)13-20)17-3-5-22(6-4-17)34-24-23(14-31-34)26(36)33(16-30-24)15-27(37)7-9-32(10-8-27)25(35)18-1-2-18/h3-6,11-14,16,18,37H,1-2,7-10,15H2. The first kappa shape index (κ1) is 23.5. The van der Waals surface area contributed by atoms with Gasteiger partial charge in [-0.25, -0.2) is 18.4 Å². The lowest BCUT2D eigenvalue weighted by molar-refractivity contribution is -0.137. The van der Waals surface area contributed by atoms with Gasteiger partial charge in [-0.05, 0) is 61.1 Å². The van der Waals surface area contributed by atoms with Gasteiger partial charge < -0.3 is 10.0 Å². The van der Waals surface area contributed by atoms with Crippen LogP contribution in [0.3, 0.4) is 0 Å². The molecule has 1 saturated carbocycles. The van der Waals surface area contributed by atoms with Crippen LogP contribution in [0.5, 0.6) is 0 Å². The van der Waals surface area contributed by atoms with Crippen LogP contribution in [-0.4, -0.2) is 53.9 Å². The number of nitrogens with zero attached hydrogens (tertiary/aromatic N) is 5. The first-order valence-corrected chi connectivity index (χ1v) is 12.3. The van der Waals surface area contributed by atoms with E-state index in [9.17, 15) is 23.5 Å². The van der Waals surface area contributed by atoms with Crippen LogP contribution in [0.4, 0.5) is 8.78 Å². The second-order valence-corrected chi connectivity index (χ2v) is 10.0. The lowest BCUT2D eigenvalue weighted by Gasteiger charge is -2.38. The van der Waals surface area contributed by atoms with E-state index in [0.717, 1.165) is 18.9 Å². The first-order valence-electron chi connectivity index (χ1n) is 12.3. The van der Waals surface area contributed by atoms with E-state index in [0.29, 0.717) is 53.8 Å². The predicted molar refractivity (Wildman–Crippen MR) is 132 cm³/mol. The molecule has 3 heterocycles. The normalized spacial score (nSPS) is 17.3. The highest BCUT2D eigenvalue weighted by molar-refractivity contribution is 5.81. The molecule has 37 heavy (non-hydrogen) atoms. The molecule has 4 aromatic rings. The van der Waals surface area contributed by atoms with Crippen LogP contribution in [0.25, 0.3) is 27.8 Å². The van der Waals surface area contributed by atoms with Crippen LogP contribution >= 0.6 is 0 Å². The van der Waals surface area contributed by atoms with Gasteiger partial charge in [-0.3, -0.25) is 14.2 Å². The van der Waals surface area contributed by atoms with Gasteiger partial charge >= 0.3 is 0 Å². The summed E-state index contributed by atoms with van der Waals surface area (Å²) in [5.74, 6) is -0.984. The van der Waals surface area contributed by atoms with Crippen LogP contribution in [-0.2, 0) is 11.3 Å². The minimum atomic E-state index is -1.10. The Morgan fingerprint density at radius 2 is 1.70 bits per heavy atom. The summed E-state index contributed by atoms with van der Waals surface area (Å²) in [5.41, 5.74) is 0.632. The largest absolute Gasteiger partial charge is 0.388 e. The highest BCUT2D eigenvalue weighted by Crippen LogP contribution is 2.33. The van der Waals surface area contributed by atoms with Gasteiger partial charge in [0.2, 0.25) is 5.91 Å². The van der Waals surface area contributed by atoms with Gasteiger partial charge in [0.1, 0.15) is 23.3 Å². The van der Waals surface area contributed by atoms with Crippen molar-refractivity contribution in [3.63, 3.8) is 0 Å². The molecule has 0 spiro atoms. The zero-order valence-electron chi connectivity index (χ0n) is 20.0. The van der Waals surface area contributed by atoms with E-state index < -0.39 is 17.2 Å². The molecule has 0 bridgehead atoms. The monoisotopic (exact) mass is 505 g/mol. The van der Waals surface area contributed by atoms with Crippen molar-refractivity contribution in [1.29, 1.82) is 0 Å². The van der Waals surface area contributed by atoms with E-state index in [1.807, 2.05) is 4.90 Å². The Morgan fingerprint density at radius 1 is 1.03 bits per heavy atom. The zero-order chi connectivity index (χ0) is 25.7. The number of hydrogen-bond acceptors (Lipinski definition) is 5. The lowest BCUT2D eigenvalue weighted by Crippen LogP contribution is -2.50. The maximum absolute atomic E-state index is 13.6. The van der Waals surface area contributed by atoms with Crippen molar-refractivity contribution in [1.82, 2.24) is 24.2 Å². The van der Waals surface area contributed by atoms with E-state index in [4.69, 9.17) is 0 Å². The van der Waals surface area contributed by atoms with Gasteiger partial charge in [0, 0.05) is 25.1 Å². The molecule has 1 saturated heterocycles. The number of rotatable bonds is 5. The number of amides is 1. The van der Waals surface area contributed by atoms with Crippen LogP contribution in [0, 0.1) is 17.6 Å². The molecule has 0 atom stereocenters. The summed E-state index contributed by atoms with van der Waals surface area (Å²) in [6.45, 7) is 1.04. The molecule has 0 unspecified atom stereocenters. The number of aromatic nitrogens is 4. The van der Waals surface area contributed by atoms with Gasteiger partial charge in [-0.15, -0.1) is 0 Å². The maximum Gasteiger partial charge on any atom is 0.264 e. The molecular weight excluding hydrogens is 480 g/mol. The molecule has 1 amide bonds. The fraction of sp³-hybridized carbons (Fsp3) is 0.333. The average Bonchev–Trinajstić information content (AvgIpc) is 3.64. The Kier molecular flexibility index (Phi) is 5.63. The molecule has 8 nitrogen and oxygen atoms in total. The fourth-order valence-corrected chi connectivity index (χ4v) is 4.97. The van der Waals surface area contributed by atoms with Crippen molar-refractivity contribution in [2.45, 2.75) is 37.8 Å². The Hall–Kier alpha value is -3.92. The van der Waals surface area contributed by atoms with Gasteiger partial charge in [0.25, 0.3) is 5.56 Å². The molecule has 6 rings (SSSR count). The fourth-order valence-electron chi connectivity index (χ4n) is 4.97. The molecule has 10 heteroatoms. The molecule has 1 N–H and O–H groups in total. The Balaban J connectivity index is 1.21. The topological polar surface area (TPSA) is 93.2 Å². The third-order valence-corrected chi connectivity index (χ3v) is 7.26. The van der Waals surface area contributed by atoms with Gasteiger partial charge in [0.15, 0.2) is 5.65 Å². The summed E-state index contributed by atoms with van der Waals surface area (Å²) >= 11 is 0. The van der Waals surface area contributed by atoms with Crippen molar-refractivity contribution in [2.75, 3.05) is 13.1 Å². The second kappa shape index (κ2) is 8.88. The summed E-state index contributed by atoms with van der Waals surface area (Å²) in [5, 5.41) is 15.8. The molecular formula is C27H25F2N5O3. The summed E-state index contributed by atoms with van der Waals surface area (Å²) in [7, 11) is 0. The Morgan fingerprint density at radius 3 is 2.35 bits per heavy atom. The van der Waals surface area contributed by atoms with Crippen molar-refractivity contribution < 1.29 is 18.7 Å². The maximum atomic E-state index is 13.6. The third kappa shape index (κ3) is 4.53. The number of carbonyl (C=O) groups is 1. The minimum absolute atomic E-state index is 0.0876. The number of benzene rings is 2. The van der Waals surface area contributed by atoms with Gasteiger partial charge in [-0.1, -0.05) is 12.1 Å². The first-order chi connectivity index (χ1) is 17.8. The van der Waals surface area contributed by atoms with Crippen molar-refractivity contribution in [3.8, 4) is 16.8 Å². The number of fused-ring (bicyclic) bond motifs is 1. The van der Waals surface area contributed by atoms with E-state index in [1.165, 1.54) is 33.9 Å². The van der Waals surface area contributed by atoms with Gasteiger partial charge in [0.05, 0.1) is 24.0 Å². The number of hydrogen-bond donors (Lipinski definition) is 1. The predicted octanol–water partition coefficient (Wildman–Crippen LogP) is 3.29. The molecule has 1 aliphatic heterocycles. The summed E-state index contributed by atoms with van der Waals surface area (Å²) in [4.78, 5) is 31.7. The Labute approximate surface area is 210 Å². The van der Waals surface area contributed by atoms with Crippen molar-refractivity contribution in [3.05, 3.63) is 77.0 Å². The summed E-state index contributed by atoms with van der Waals surface area (Å²) < 4.78 is 30.1. The quantitative estimate of drug-likeness (QED) is 0.449. The number of halogens is 2. The number of aliphatic hydroxyl groups is 1. The van der Waals surface area contributed by atoms with Gasteiger partial charge in [-0.2, -0.15) is 5.10 Å². The van der Waals surface area contributed by atoms with Crippen LogP contribution in [0.1, 0.15) is 25.7 Å². The molecule has 2 aromatic heterocycles. The molecule has 190 valence electrons. The van der Waals surface area contributed by atoms with Crippen LogP contribution < -0.4 is 5.56 Å². The van der Waals surface area contributed by atoms with Crippen molar-refractivity contribution in [2.24, 2.45) is 5.92 Å². The van der Waals surface area contributed by atoms with E-state index in [2.05, 4.69) is 10.1 Å². The van der Waals surface area contributed by atoms with Crippen LogP contribution in [0.2, 0.25) is 0 Å². The highest BCUT2D eigenvalue weighted by atomic mass is 19.1. The van der Waals surface area contributed by atoms with Crippen molar-refractivity contribution >= 4 is 16.9 Å². The zero-order valence-corrected chi connectivity index (χ0v) is 20.0. The number of piperidine rings is 1. The smallest absolute Gasteiger partial charge is 0.264 e. The van der Waals surface area contributed by atoms with E-state index in [1.54, 1.807) is 24.3 Å². The Bertz CT molecular complexity index is 1530. The third-order valence-electron chi connectivity index (χ3n) is 7.26. The average molecular weight is 506 g/mol. The second-order valence-electron chi connectivity index (χ2n) is 10.0. The molecule has 0 radical (unpaired) electrons. The molecule has 2 aromatic carbocycles. The minimum Gasteiger partial charge on any atom is -0.388 e. The van der Waals surface area contributed by atoms with E-state index in [-0.39, 0.29) is 23.9 Å². The summed E-state index contributed by atoms with van der Waals surface area (Å²) in [6, 6.07) is 10.2. The lowest BCUT2D eigenvalue weighted by atomic mass is 9.91. The highest BCUT2D eigenvalue weighted by Gasteiger charge is 2.39. The molecule has 2 aliphatic rings. The number of likely N-dealkylation sites (tertiary alicyclic amines) is 1. The number of carbonyl (C=O) groups excluding carboxylic acids is 1. The van der Waals surface area contributed by atoms with Crippen LogP contribution in [0.15, 0.2) is 59.8 Å².